The lowest BCUT2D eigenvalue weighted by molar-refractivity contribution is -0.123. The first-order valence-corrected chi connectivity index (χ1v) is 13.4. The molecule has 2 aliphatic rings. The van der Waals surface area contributed by atoms with Crippen molar-refractivity contribution in [1.29, 1.82) is 0 Å². The molecule has 0 radical (unpaired) electrons. The molecule has 8 nitrogen and oxygen atoms in total. The molecule has 2 aromatic carbocycles. The highest BCUT2D eigenvalue weighted by Crippen LogP contribution is 2.65. The Balaban J connectivity index is 1.58. The van der Waals surface area contributed by atoms with Gasteiger partial charge in [0.1, 0.15) is 11.4 Å². The summed E-state index contributed by atoms with van der Waals surface area (Å²) in [5.41, 5.74) is 1.85. The average Bonchev–Trinajstić information content (AvgIpc) is 3.25. The van der Waals surface area contributed by atoms with E-state index in [1.165, 1.54) is 16.7 Å². The Morgan fingerprint density at radius 2 is 1.94 bits per heavy atom. The van der Waals surface area contributed by atoms with E-state index in [2.05, 4.69) is 5.32 Å². The summed E-state index contributed by atoms with van der Waals surface area (Å²) < 4.78 is 45.0. The fourth-order valence-corrected chi connectivity index (χ4v) is 7.34. The van der Waals surface area contributed by atoms with E-state index in [9.17, 15) is 23.1 Å². The molecule has 2 atom stereocenters. The Hall–Kier alpha value is -2.92. The number of fused-ring (bicyclic) bond motifs is 2. The lowest BCUT2D eigenvalue weighted by Crippen LogP contribution is -2.45. The molecule has 10 heteroatoms. The second-order valence-electron chi connectivity index (χ2n) is 10.4. The zero-order valence-electron chi connectivity index (χ0n) is 20.6. The monoisotopic (exact) mass is 515 g/mol. The van der Waals surface area contributed by atoms with Crippen LogP contribution in [0.2, 0.25) is 0 Å². The van der Waals surface area contributed by atoms with Crippen LogP contribution in [-0.2, 0) is 9.53 Å². The van der Waals surface area contributed by atoms with Gasteiger partial charge < -0.3 is 10.1 Å². The summed E-state index contributed by atoms with van der Waals surface area (Å²) in [7, 11) is -3.27. The third-order valence-corrected chi connectivity index (χ3v) is 8.84. The minimum atomic E-state index is -3.27. The molecule has 2 unspecified atom stereocenters. The van der Waals surface area contributed by atoms with Crippen LogP contribution in [0.25, 0.3) is 22.0 Å². The van der Waals surface area contributed by atoms with Gasteiger partial charge in [0.05, 0.1) is 16.5 Å². The Labute approximate surface area is 210 Å². The third-order valence-electron chi connectivity index (χ3n) is 6.68. The van der Waals surface area contributed by atoms with Crippen LogP contribution in [-0.4, -0.2) is 48.2 Å². The molecule has 0 bridgehead atoms. The minimum Gasteiger partial charge on any atom is -0.443 e. The highest BCUT2D eigenvalue weighted by atomic mass is 32.3. The number of piperidine rings is 1. The van der Waals surface area contributed by atoms with Crippen LogP contribution in [0.1, 0.15) is 52.1 Å². The fourth-order valence-electron chi connectivity index (χ4n) is 5.16. The van der Waals surface area contributed by atoms with E-state index in [1.807, 2.05) is 13.0 Å². The van der Waals surface area contributed by atoms with E-state index in [1.54, 1.807) is 49.5 Å². The molecule has 1 saturated heterocycles. The van der Waals surface area contributed by atoms with Crippen LogP contribution < -0.4 is 5.32 Å². The van der Waals surface area contributed by atoms with E-state index >= 15 is 0 Å². The van der Waals surface area contributed by atoms with Crippen molar-refractivity contribution < 1.29 is 27.8 Å². The summed E-state index contributed by atoms with van der Waals surface area (Å²) in [6.07, 6.45) is 1.84. The number of hydrogen-bond donors (Lipinski definition) is 3. The summed E-state index contributed by atoms with van der Waals surface area (Å²) in [6.45, 7) is 7.68. The number of carbonyl (C=O) groups excluding carboxylic acids is 2. The quantitative estimate of drug-likeness (QED) is 0.392. The molecule has 0 saturated carbocycles. The van der Waals surface area contributed by atoms with Crippen LogP contribution in [0.5, 0.6) is 0 Å². The molecule has 2 aliphatic heterocycles. The van der Waals surface area contributed by atoms with Gasteiger partial charge in [0.15, 0.2) is 0 Å². The van der Waals surface area contributed by atoms with Crippen LogP contribution in [0, 0.1) is 5.82 Å². The smallest absolute Gasteiger partial charge is 0.419 e. The second kappa shape index (κ2) is 8.58. The fraction of sp³-hybridized carbons (Fsp3) is 0.385. The van der Waals surface area contributed by atoms with Gasteiger partial charge in [0, 0.05) is 36.2 Å². The maximum atomic E-state index is 14.1. The number of hydrogen-bond acceptors (Lipinski definition) is 6. The Bertz CT molecular complexity index is 1380. The van der Waals surface area contributed by atoms with Gasteiger partial charge in [-0.3, -0.25) is 18.5 Å². The zero-order valence-corrected chi connectivity index (χ0v) is 21.4. The van der Waals surface area contributed by atoms with Crippen LogP contribution in [0.3, 0.4) is 0 Å². The molecule has 0 spiro atoms. The van der Waals surface area contributed by atoms with E-state index in [0.29, 0.717) is 34.3 Å². The summed E-state index contributed by atoms with van der Waals surface area (Å²) in [5, 5.41) is 3.46. The molecule has 3 heterocycles. The molecule has 36 heavy (non-hydrogen) atoms. The van der Waals surface area contributed by atoms with Gasteiger partial charge in [-0.2, -0.15) is 4.31 Å². The predicted molar refractivity (Wildman–Crippen MR) is 136 cm³/mol. The van der Waals surface area contributed by atoms with Gasteiger partial charge in [-0.15, -0.1) is 10.8 Å². The van der Waals surface area contributed by atoms with Gasteiger partial charge >= 0.3 is 6.09 Å². The van der Waals surface area contributed by atoms with Crippen molar-refractivity contribution >= 4 is 33.7 Å². The lowest BCUT2D eigenvalue weighted by Gasteiger charge is -2.44. The number of amides is 1. The number of nitrogens with one attached hydrogen (secondary N) is 1. The minimum absolute atomic E-state index is 0.104. The van der Waals surface area contributed by atoms with Gasteiger partial charge in [-0.05, 0) is 75.6 Å². The number of halogens is 1. The Morgan fingerprint density at radius 3 is 2.64 bits per heavy atom. The van der Waals surface area contributed by atoms with Crippen molar-refractivity contribution in [1.82, 2.24) is 14.2 Å². The summed E-state index contributed by atoms with van der Waals surface area (Å²) in [6, 6.07) is 8.99. The molecular formula is C26H30FN3O5S. The van der Waals surface area contributed by atoms with Crippen LogP contribution in [0.4, 0.5) is 9.18 Å². The number of nitrogens with zero attached hydrogens (tertiary/aromatic N) is 2. The highest BCUT2D eigenvalue weighted by Gasteiger charge is 2.45. The standard InChI is InChI=1S/C26H30FN3O5S/c1-15-20-11-16(5-8-23(20)36(33,34)30(15)18-9-10-28-24(31)13-18)21-14-29(25(32)35-26(2,3)4)22-12-17(27)6-7-19(21)22/h5-8,11-12,14-15,18,33-34H,9-10,13H2,1-4H3,(H,28,31). The van der Waals surface area contributed by atoms with E-state index < -0.39 is 28.3 Å². The van der Waals surface area contributed by atoms with E-state index in [-0.39, 0.29) is 24.4 Å². The van der Waals surface area contributed by atoms with Crippen molar-refractivity contribution in [3.63, 3.8) is 0 Å². The topological polar surface area (TPSA) is 104 Å². The van der Waals surface area contributed by atoms with Crippen molar-refractivity contribution in [2.24, 2.45) is 0 Å². The first kappa shape index (κ1) is 24.8. The van der Waals surface area contributed by atoms with Crippen LogP contribution in [0.15, 0.2) is 47.5 Å². The number of ether oxygens (including phenoxy) is 1. The zero-order chi connectivity index (χ0) is 26.0. The van der Waals surface area contributed by atoms with Gasteiger partial charge in [0.25, 0.3) is 0 Å². The largest absolute Gasteiger partial charge is 0.443 e. The first-order chi connectivity index (χ1) is 16.9. The van der Waals surface area contributed by atoms with Gasteiger partial charge in [-0.1, -0.05) is 6.07 Å². The molecule has 0 aliphatic carbocycles. The Kier molecular flexibility index (Phi) is 5.90. The molecule has 3 N–H and O–H groups in total. The molecule has 5 rings (SSSR count). The number of aromatic nitrogens is 1. The summed E-state index contributed by atoms with van der Waals surface area (Å²) in [5.74, 6) is -0.576. The number of rotatable bonds is 2. The van der Waals surface area contributed by atoms with Crippen molar-refractivity contribution in [2.45, 2.75) is 63.1 Å². The highest BCUT2D eigenvalue weighted by molar-refractivity contribution is 8.22. The van der Waals surface area contributed by atoms with E-state index in [4.69, 9.17) is 4.74 Å². The SMILES string of the molecule is CC1c2cc(-c3cn(C(=O)OC(C)(C)C)c4cc(F)ccc34)ccc2S(O)(O)N1C1CCNC(=O)C1. The first-order valence-electron chi connectivity index (χ1n) is 11.9. The molecule has 3 aromatic rings. The maximum absolute atomic E-state index is 14.1. The van der Waals surface area contributed by atoms with Crippen LogP contribution >= 0.6 is 10.8 Å². The Morgan fingerprint density at radius 1 is 1.19 bits per heavy atom. The average molecular weight is 516 g/mol. The lowest BCUT2D eigenvalue weighted by atomic mass is 9.98. The van der Waals surface area contributed by atoms with Crippen molar-refractivity contribution in [3.05, 3.63) is 54.0 Å². The van der Waals surface area contributed by atoms with E-state index in [0.717, 1.165) is 11.1 Å². The number of benzene rings is 2. The predicted octanol–water partition coefficient (Wildman–Crippen LogP) is 5.91. The molecule has 192 valence electrons. The maximum Gasteiger partial charge on any atom is 0.419 e. The molecule has 1 aromatic heterocycles. The summed E-state index contributed by atoms with van der Waals surface area (Å²) in [4.78, 5) is 25.3. The molecule has 1 amide bonds. The summed E-state index contributed by atoms with van der Waals surface area (Å²) >= 11 is 0. The third kappa shape index (κ3) is 4.17. The van der Waals surface area contributed by atoms with Gasteiger partial charge in [0.2, 0.25) is 5.91 Å². The second-order valence-corrected chi connectivity index (χ2v) is 12.3. The normalized spacial score (nSPS) is 22.8. The number of carbonyl (C=O) groups is 2. The van der Waals surface area contributed by atoms with Crippen molar-refractivity contribution in [3.8, 4) is 11.1 Å². The molecule has 1 fully saturated rings. The molecular weight excluding hydrogens is 485 g/mol. The van der Waals surface area contributed by atoms with Gasteiger partial charge in [-0.25, -0.2) is 9.18 Å². The van der Waals surface area contributed by atoms with Crippen molar-refractivity contribution in [2.75, 3.05) is 6.54 Å².